The van der Waals surface area contributed by atoms with Crippen molar-refractivity contribution in [3.63, 3.8) is 0 Å². The largest absolute Gasteiger partial charge is 0.370 e. The van der Waals surface area contributed by atoms with Gasteiger partial charge in [-0.25, -0.2) is 4.98 Å². The van der Waals surface area contributed by atoms with Gasteiger partial charge < -0.3 is 15.1 Å². The molecule has 1 aromatic heterocycles. The maximum atomic E-state index is 12.1. The second-order valence-electron chi connectivity index (χ2n) is 4.93. The molecule has 0 spiro atoms. The Balaban J connectivity index is 1.70. The Bertz CT molecular complexity index is 498. The smallest absolute Gasteiger partial charge is 0.224 e. The first-order valence-corrected chi connectivity index (χ1v) is 7.33. The summed E-state index contributed by atoms with van der Waals surface area (Å²) >= 11 is 5.75. The lowest BCUT2D eigenvalue weighted by Gasteiger charge is -2.34. The van der Waals surface area contributed by atoms with E-state index in [0.717, 1.165) is 0 Å². The second kappa shape index (κ2) is 7.26. The SMILES string of the molecule is CC(=O)N1CCN(C(=O)CCNc2ccc(Cl)cn2)CC1. The van der Waals surface area contributed by atoms with Gasteiger partial charge >= 0.3 is 0 Å². The van der Waals surface area contributed by atoms with Gasteiger partial charge in [-0.05, 0) is 12.1 Å². The van der Waals surface area contributed by atoms with Crippen LogP contribution in [0.4, 0.5) is 5.82 Å². The topological polar surface area (TPSA) is 65.5 Å². The van der Waals surface area contributed by atoms with Crippen molar-refractivity contribution in [2.45, 2.75) is 13.3 Å². The highest BCUT2D eigenvalue weighted by Crippen LogP contribution is 2.10. The van der Waals surface area contributed by atoms with Crippen molar-refractivity contribution in [2.24, 2.45) is 0 Å². The van der Waals surface area contributed by atoms with E-state index in [9.17, 15) is 9.59 Å². The minimum absolute atomic E-state index is 0.0672. The third-order valence-corrected chi connectivity index (χ3v) is 3.67. The number of amides is 2. The average molecular weight is 311 g/mol. The van der Waals surface area contributed by atoms with Gasteiger partial charge in [-0.1, -0.05) is 11.6 Å². The maximum absolute atomic E-state index is 12.1. The van der Waals surface area contributed by atoms with E-state index < -0.39 is 0 Å². The fourth-order valence-corrected chi connectivity index (χ4v) is 2.32. The summed E-state index contributed by atoms with van der Waals surface area (Å²) in [4.78, 5) is 31.0. The molecule has 0 radical (unpaired) electrons. The molecule has 0 saturated carbocycles. The van der Waals surface area contributed by atoms with E-state index in [-0.39, 0.29) is 11.8 Å². The number of hydrogen-bond acceptors (Lipinski definition) is 4. The first-order valence-electron chi connectivity index (χ1n) is 6.95. The molecule has 0 aromatic carbocycles. The van der Waals surface area contributed by atoms with E-state index >= 15 is 0 Å². The quantitative estimate of drug-likeness (QED) is 0.908. The molecule has 1 aliphatic heterocycles. The molecule has 0 atom stereocenters. The second-order valence-corrected chi connectivity index (χ2v) is 5.36. The Labute approximate surface area is 129 Å². The minimum atomic E-state index is 0.0672. The van der Waals surface area contributed by atoms with Gasteiger partial charge in [0.2, 0.25) is 11.8 Å². The summed E-state index contributed by atoms with van der Waals surface area (Å²) in [5.41, 5.74) is 0. The molecule has 114 valence electrons. The molecule has 6 nitrogen and oxygen atoms in total. The standard InChI is InChI=1S/C14H19ClN4O2/c1-11(20)18-6-8-19(9-7-18)14(21)4-5-16-13-3-2-12(15)10-17-13/h2-3,10H,4-9H2,1H3,(H,16,17). The molecule has 1 fully saturated rings. The Morgan fingerprint density at radius 2 is 1.90 bits per heavy atom. The van der Waals surface area contributed by atoms with Crippen LogP contribution in [0.5, 0.6) is 0 Å². The first kappa shape index (κ1) is 15.6. The normalized spacial score (nSPS) is 15.0. The van der Waals surface area contributed by atoms with E-state index in [4.69, 9.17) is 11.6 Å². The summed E-state index contributed by atoms with van der Waals surface area (Å²) in [6.07, 6.45) is 1.97. The van der Waals surface area contributed by atoms with Crippen molar-refractivity contribution < 1.29 is 9.59 Å². The molecule has 1 saturated heterocycles. The number of hydrogen-bond donors (Lipinski definition) is 1. The van der Waals surface area contributed by atoms with Crippen LogP contribution in [0.1, 0.15) is 13.3 Å². The van der Waals surface area contributed by atoms with Crippen molar-refractivity contribution in [2.75, 3.05) is 38.0 Å². The zero-order valence-electron chi connectivity index (χ0n) is 12.0. The predicted molar refractivity (Wildman–Crippen MR) is 81.2 cm³/mol. The number of carbonyl (C=O) groups excluding carboxylic acids is 2. The third-order valence-electron chi connectivity index (χ3n) is 3.45. The van der Waals surface area contributed by atoms with Crippen molar-refractivity contribution in [1.29, 1.82) is 0 Å². The molecule has 2 heterocycles. The molecule has 7 heteroatoms. The molecule has 1 aliphatic rings. The van der Waals surface area contributed by atoms with E-state index in [1.54, 1.807) is 35.1 Å². The third kappa shape index (κ3) is 4.60. The van der Waals surface area contributed by atoms with Gasteiger partial charge in [0, 0.05) is 52.3 Å². The summed E-state index contributed by atoms with van der Waals surface area (Å²) in [5, 5.41) is 3.67. The summed E-state index contributed by atoms with van der Waals surface area (Å²) in [5.74, 6) is 0.867. The van der Waals surface area contributed by atoms with Gasteiger partial charge in [-0.2, -0.15) is 0 Å². The van der Waals surface area contributed by atoms with Crippen LogP contribution in [-0.4, -0.2) is 59.3 Å². The molecular weight excluding hydrogens is 292 g/mol. The predicted octanol–water partition coefficient (Wildman–Crippen LogP) is 1.23. The van der Waals surface area contributed by atoms with Crippen LogP contribution in [0, 0.1) is 0 Å². The van der Waals surface area contributed by atoms with E-state index in [1.807, 2.05) is 0 Å². The molecule has 1 N–H and O–H groups in total. The summed E-state index contributed by atoms with van der Waals surface area (Å²) in [6, 6.07) is 3.53. The van der Waals surface area contributed by atoms with Crippen molar-refractivity contribution in [3.05, 3.63) is 23.4 Å². The number of anilines is 1. The lowest BCUT2D eigenvalue weighted by atomic mass is 10.2. The molecule has 2 rings (SSSR count). The number of piperazine rings is 1. The summed E-state index contributed by atoms with van der Waals surface area (Å²) in [7, 11) is 0. The van der Waals surface area contributed by atoms with Crippen molar-refractivity contribution in [3.8, 4) is 0 Å². The van der Waals surface area contributed by atoms with Crippen LogP contribution in [-0.2, 0) is 9.59 Å². The van der Waals surface area contributed by atoms with E-state index in [1.165, 1.54) is 0 Å². The highest BCUT2D eigenvalue weighted by molar-refractivity contribution is 6.30. The van der Waals surface area contributed by atoms with Gasteiger partial charge in [-0.15, -0.1) is 0 Å². The van der Waals surface area contributed by atoms with Crippen LogP contribution in [0.3, 0.4) is 0 Å². The Kier molecular flexibility index (Phi) is 5.38. The molecule has 21 heavy (non-hydrogen) atoms. The van der Waals surface area contributed by atoms with Gasteiger partial charge in [0.05, 0.1) is 5.02 Å². The number of nitrogens with one attached hydrogen (secondary N) is 1. The number of nitrogens with zero attached hydrogens (tertiary/aromatic N) is 3. The summed E-state index contributed by atoms with van der Waals surface area (Å²) < 4.78 is 0. The fraction of sp³-hybridized carbons (Fsp3) is 0.500. The lowest BCUT2D eigenvalue weighted by Crippen LogP contribution is -2.50. The molecule has 1 aromatic rings. The monoisotopic (exact) mass is 310 g/mol. The molecule has 0 aliphatic carbocycles. The van der Waals surface area contributed by atoms with Gasteiger partial charge in [-0.3, -0.25) is 9.59 Å². The number of carbonyl (C=O) groups is 2. The molecular formula is C14H19ClN4O2. The molecule has 0 unspecified atom stereocenters. The number of aromatic nitrogens is 1. The maximum Gasteiger partial charge on any atom is 0.224 e. The van der Waals surface area contributed by atoms with Crippen LogP contribution in [0.25, 0.3) is 0 Å². The van der Waals surface area contributed by atoms with Gasteiger partial charge in [0.25, 0.3) is 0 Å². The van der Waals surface area contributed by atoms with Crippen molar-refractivity contribution in [1.82, 2.24) is 14.8 Å². The highest BCUT2D eigenvalue weighted by atomic mass is 35.5. The fourth-order valence-electron chi connectivity index (χ4n) is 2.21. The highest BCUT2D eigenvalue weighted by Gasteiger charge is 2.21. The van der Waals surface area contributed by atoms with Crippen LogP contribution in [0.15, 0.2) is 18.3 Å². The van der Waals surface area contributed by atoms with Crippen LogP contribution < -0.4 is 5.32 Å². The Morgan fingerprint density at radius 1 is 1.24 bits per heavy atom. The zero-order chi connectivity index (χ0) is 15.2. The number of rotatable bonds is 4. The Morgan fingerprint density at radius 3 is 2.48 bits per heavy atom. The number of pyridine rings is 1. The van der Waals surface area contributed by atoms with E-state index in [0.29, 0.717) is 50.0 Å². The first-order chi connectivity index (χ1) is 10.1. The average Bonchev–Trinajstić information content (AvgIpc) is 2.49. The number of halogens is 1. The van der Waals surface area contributed by atoms with Gasteiger partial charge in [0.15, 0.2) is 0 Å². The lowest BCUT2D eigenvalue weighted by molar-refractivity contribution is -0.138. The van der Waals surface area contributed by atoms with Crippen molar-refractivity contribution >= 4 is 29.2 Å². The van der Waals surface area contributed by atoms with Crippen LogP contribution >= 0.6 is 11.6 Å². The summed E-state index contributed by atoms with van der Waals surface area (Å²) in [6.45, 7) is 4.54. The van der Waals surface area contributed by atoms with Crippen LogP contribution in [0.2, 0.25) is 5.02 Å². The zero-order valence-corrected chi connectivity index (χ0v) is 12.8. The molecule has 0 bridgehead atoms. The minimum Gasteiger partial charge on any atom is -0.370 e. The van der Waals surface area contributed by atoms with E-state index in [2.05, 4.69) is 10.3 Å². The van der Waals surface area contributed by atoms with Gasteiger partial charge in [0.1, 0.15) is 5.82 Å². The Hall–Kier alpha value is -1.82. The molecule has 2 amide bonds.